The Kier molecular flexibility index (Phi) is 4.70. The number of halogens is 3. The number of hydrogen-bond acceptors (Lipinski definition) is 2. The topological polar surface area (TPSA) is 35.2 Å². The van der Waals surface area contributed by atoms with Crippen LogP contribution in [0.15, 0.2) is 0 Å². The molecule has 0 aromatic carbocycles. The molecule has 0 amide bonds. The molecule has 2 nitrogen and oxygen atoms in total. The first-order valence-electron chi connectivity index (χ1n) is 4.21. The average molecular weight is 199 g/mol. The summed E-state index contributed by atoms with van der Waals surface area (Å²) >= 11 is 0. The SMILES string of the molecule is CC(N)CC(C)OC(C)C(F)(F)F. The third-order valence-corrected chi connectivity index (χ3v) is 1.60. The van der Waals surface area contributed by atoms with E-state index in [1.807, 2.05) is 0 Å². The number of nitrogens with two attached hydrogens (primary N) is 1. The summed E-state index contributed by atoms with van der Waals surface area (Å²) in [6, 6.07) is -0.143. The Morgan fingerprint density at radius 3 is 2.00 bits per heavy atom. The van der Waals surface area contributed by atoms with Crippen LogP contribution < -0.4 is 5.73 Å². The zero-order chi connectivity index (χ0) is 10.6. The van der Waals surface area contributed by atoms with Crippen LogP contribution in [0.4, 0.5) is 13.2 Å². The number of rotatable bonds is 4. The van der Waals surface area contributed by atoms with Crippen molar-refractivity contribution in [2.24, 2.45) is 5.73 Å². The van der Waals surface area contributed by atoms with E-state index in [2.05, 4.69) is 0 Å². The molecule has 2 N–H and O–H groups in total. The van der Waals surface area contributed by atoms with Crippen molar-refractivity contribution in [3.8, 4) is 0 Å². The molecule has 0 rings (SSSR count). The summed E-state index contributed by atoms with van der Waals surface area (Å²) in [6.07, 6.45) is -6.04. The normalized spacial score (nSPS) is 19.6. The maximum absolute atomic E-state index is 12.0. The first-order valence-corrected chi connectivity index (χ1v) is 4.21. The molecule has 0 saturated heterocycles. The Morgan fingerprint density at radius 1 is 1.23 bits per heavy atom. The van der Waals surface area contributed by atoms with Gasteiger partial charge in [-0.3, -0.25) is 0 Å². The summed E-state index contributed by atoms with van der Waals surface area (Å²) in [7, 11) is 0. The molecular formula is C8H16F3NO. The Bertz CT molecular complexity index is 147. The van der Waals surface area contributed by atoms with Crippen molar-refractivity contribution in [3.63, 3.8) is 0 Å². The molecule has 0 radical (unpaired) electrons. The third kappa shape index (κ3) is 5.87. The van der Waals surface area contributed by atoms with E-state index in [9.17, 15) is 13.2 Å². The molecule has 0 aromatic rings. The quantitative estimate of drug-likeness (QED) is 0.752. The lowest BCUT2D eigenvalue weighted by atomic mass is 10.2. The van der Waals surface area contributed by atoms with Crippen LogP contribution in [0.1, 0.15) is 27.2 Å². The van der Waals surface area contributed by atoms with E-state index in [0.29, 0.717) is 6.42 Å². The highest BCUT2D eigenvalue weighted by molar-refractivity contribution is 4.66. The fraction of sp³-hybridized carbons (Fsp3) is 1.00. The van der Waals surface area contributed by atoms with Crippen molar-refractivity contribution in [1.29, 1.82) is 0 Å². The molecule has 0 heterocycles. The zero-order valence-electron chi connectivity index (χ0n) is 8.06. The second-order valence-corrected chi connectivity index (χ2v) is 3.34. The number of alkyl halides is 3. The number of hydrogen-bond donors (Lipinski definition) is 1. The molecule has 0 spiro atoms. The standard InChI is InChI=1S/C8H16F3NO/c1-5(12)4-6(2)13-7(3)8(9,10)11/h5-7H,4,12H2,1-3H3. The molecule has 80 valence electrons. The summed E-state index contributed by atoms with van der Waals surface area (Å²) in [4.78, 5) is 0. The summed E-state index contributed by atoms with van der Waals surface area (Å²) in [6.45, 7) is 4.32. The lowest BCUT2D eigenvalue weighted by Gasteiger charge is -2.22. The first kappa shape index (κ1) is 12.7. The van der Waals surface area contributed by atoms with Gasteiger partial charge in [-0.05, 0) is 27.2 Å². The monoisotopic (exact) mass is 199 g/mol. The summed E-state index contributed by atoms with van der Waals surface area (Å²) in [5.74, 6) is 0. The van der Waals surface area contributed by atoms with Gasteiger partial charge in [0.2, 0.25) is 0 Å². The molecule has 0 saturated carbocycles. The molecule has 0 aliphatic rings. The highest BCUT2D eigenvalue weighted by Gasteiger charge is 2.37. The zero-order valence-corrected chi connectivity index (χ0v) is 8.06. The van der Waals surface area contributed by atoms with Crippen molar-refractivity contribution < 1.29 is 17.9 Å². The van der Waals surface area contributed by atoms with Gasteiger partial charge >= 0.3 is 6.18 Å². The molecule has 0 aliphatic carbocycles. The molecule has 0 bridgehead atoms. The predicted molar refractivity (Wildman–Crippen MR) is 44.3 cm³/mol. The average Bonchev–Trinajstić information content (AvgIpc) is 1.82. The molecule has 5 heteroatoms. The van der Waals surface area contributed by atoms with Gasteiger partial charge < -0.3 is 10.5 Å². The van der Waals surface area contributed by atoms with Gasteiger partial charge in [-0.2, -0.15) is 13.2 Å². The minimum atomic E-state index is -4.29. The van der Waals surface area contributed by atoms with Crippen LogP contribution in [-0.2, 0) is 4.74 Å². The smallest absolute Gasteiger partial charge is 0.366 e. The van der Waals surface area contributed by atoms with Crippen molar-refractivity contribution in [3.05, 3.63) is 0 Å². The van der Waals surface area contributed by atoms with E-state index >= 15 is 0 Å². The minimum Gasteiger partial charge on any atom is -0.366 e. The second-order valence-electron chi connectivity index (χ2n) is 3.34. The van der Waals surface area contributed by atoms with Gasteiger partial charge in [-0.15, -0.1) is 0 Å². The van der Waals surface area contributed by atoms with Crippen molar-refractivity contribution in [1.82, 2.24) is 0 Å². The highest BCUT2D eigenvalue weighted by atomic mass is 19.4. The summed E-state index contributed by atoms with van der Waals surface area (Å²) in [5.41, 5.74) is 5.42. The Labute approximate surface area is 76.2 Å². The molecule has 3 unspecified atom stereocenters. The maximum atomic E-state index is 12.0. The Hall–Kier alpha value is -0.290. The summed E-state index contributed by atoms with van der Waals surface area (Å²) in [5, 5.41) is 0. The van der Waals surface area contributed by atoms with Crippen LogP contribution in [0.5, 0.6) is 0 Å². The van der Waals surface area contributed by atoms with E-state index in [-0.39, 0.29) is 6.04 Å². The van der Waals surface area contributed by atoms with Gasteiger partial charge in [-0.1, -0.05) is 0 Å². The third-order valence-electron chi connectivity index (χ3n) is 1.60. The molecular weight excluding hydrogens is 183 g/mol. The fourth-order valence-electron chi connectivity index (χ4n) is 1.00. The molecule has 13 heavy (non-hydrogen) atoms. The van der Waals surface area contributed by atoms with Crippen LogP contribution in [0.25, 0.3) is 0 Å². The molecule has 3 atom stereocenters. The lowest BCUT2D eigenvalue weighted by molar-refractivity contribution is -0.225. The first-order chi connectivity index (χ1) is 5.73. The number of ether oxygens (including phenoxy) is 1. The largest absolute Gasteiger partial charge is 0.414 e. The lowest BCUT2D eigenvalue weighted by Crippen LogP contribution is -2.33. The van der Waals surface area contributed by atoms with Gasteiger partial charge in [0.05, 0.1) is 6.10 Å². The maximum Gasteiger partial charge on any atom is 0.414 e. The van der Waals surface area contributed by atoms with E-state index in [0.717, 1.165) is 6.92 Å². The van der Waals surface area contributed by atoms with Gasteiger partial charge in [0.25, 0.3) is 0 Å². The Morgan fingerprint density at radius 2 is 1.69 bits per heavy atom. The van der Waals surface area contributed by atoms with Crippen molar-refractivity contribution in [2.45, 2.75) is 51.6 Å². The summed E-state index contributed by atoms with van der Waals surface area (Å²) < 4.78 is 40.7. The van der Waals surface area contributed by atoms with Gasteiger partial charge in [0.15, 0.2) is 6.10 Å². The van der Waals surface area contributed by atoms with E-state index in [4.69, 9.17) is 10.5 Å². The van der Waals surface area contributed by atoms with Crippen LogP contribution in [0.3, 0.4) is 0 Å². The Balaban J connectivity index is 3.85. The molecule has 0 fully saturated rings. The fourth-order valence-corrected chi connectivity index (χ4v) is 1.00. The molecule has 0 aliphatic heterocycles. The van der Waals surface area contributed by atoms with E-state index in [1.165, 1.54) is 0 Å². The van der Waals surface area contributed by atoms with Crippen molar-refractivity contribution in [2.75, 3.05) is 0 Å². The molecule has 0 aromatic heterocycles. The predicted octanol–water partition coefficient (Wildman–Crippen LogP) is 2.08. The van der Waals surface area contributed by atoms with Crippen LogP contribution in [-0.4, -0.2) is 24.4 Å². The van der Waals surface area contributed by atoms with Crippen LogP contribution in [0.2, 0.25) is 0 Å². The van der Waals surface area contributed by atoms with Crippen LogP contribution >= 0.6 is 0 Å². The highest BCUT2D eigenvalue weighted by Crippen LogP contribution is 2.23. The van der Waals surface area contributed by atoms with E-state index < -0.39 is 18.4 Å². The van der Waals surface area contributed by atoms with Crippen molar-refractivity contribution >= 4 is 0 Å². The second kappa shape index (κ2) is 4.81. The van der Waals surface area contributed by atoms with Crippen LogP contribution in [0, 0.1) is 0 Å². The van der Waals surface area contributed by atoms with Gasteiger partial charge in [0, 0.05) is 6.04 Å². The minimum absolute atomic E-state index is 0.143. The van der Waals surface area contributed by atoms with Gasteiger partial charge in [0.1, 0.15) is 0 Å². The van der Waals surface area contributed by atoms with E-state index in [1.54, 1.807) is 13.8 Å². The van der Waals surface area contributed by atoms with Gasteiger partial charge in [-0.25, -0.2) is 0 Å².